The summed E-state index contributed by atoms with van der Waals surface area (Å²) in [6, 6.07) is 0. The first kappa shape index (κ1) is 13.0. The number of aliphatic hydroxyl groups excluding tert-OH is 3. The summed E-state index contributed by atoms with van der Waals surface area (Å²) in [6.45, 7) is -0.196. The molecule has 2 heterocycles. The number of rotatable bonds is 3. The largest absolute Gasteiger partial charge is 0.396 e. The third-order valence-corrected chi connectivity index (χ3v) is 2.84. The summed E-state index contributed by atoms with van der Waals surface area (Å²) in [5.74, 6) is 0.0401. The molecule has 1 unspecified atom stereocenters. The van der Waals surface area contributed by atoms with Crippen LogP contribution in [0.5, 0.6) is 0 Å². The maximum absolute atomic E-state index is 11.7. The first-order valence-corrected chi connectivity index (χ1v) is 5.50. The molecule has 0 bridgehead atoms. The molecular formula is C10H15N3O5. The van der Waals surface area contributed by atoms with Crippen LogP contribution < -0.4 is 11.4 Å². The van der Waals surface area contributed by atoms with Crippen molar-refractivity contribution in [2.75, 3.05) is 18.9 Å². The number of anilines is 1. The fraction of sp³-hybridized carbons (Fsp3) is 0.600. The van der Waals surface area contributed by atoms with Gasteiger partial charge in [-0.3, -0.25) is 4.57 Å². The highest BCUT2D eigenvalue weighted by molar-refractivity contribution is 5.36. The molecule has 1 aromatic heterocycles. The zero-order chi connectivity index (χ0) is 13.3. The number of aliphatic hydroxyl groups is 3. The zero-order valence-electron chi connectivity index (χ0n) is 9.56. The Balaban J connectivity index is 2.38. The number of ether oxygens (including phenoxy) is 1. The molecule has 0 amide bonds. The Hall–Kier alpha value is -1.48. The highest BCUT2D eigenvalue weighted by Crippen LogP contribution is 2.23. The van der Waals surface area contributed by atoms with E-state index >= 15 is 0 Å². The summed E-state index contributed by atoms with van der Waals surface area (Å²) in [5.41, 5.74) is 5.36. The average Bonchev–Trinajstić information content (AvgIpc) is 2.64. The molecule has 2 rings (SSSR count). The third-order valence-electron chi connectivity index (χ3n) is 2.84. The second-order valence-electron chi connectivity index (χ2n) is 4.10. The maximum atomic E-state index is 11.7. The van der Waals surface area contributed by atoms with Crippen LogP contribution in [0.1, 0.15) is 11.8 Å². The smallest absolute Gasteiger partial charge is 0.351 e. The number of hydrogen-bond donors (Lipinski definition) is 4. The zero-order valence-corrected chi connectivity index (χ0v) is 9.56. The summed E-state index contributed by atoms with van der Waals surface area (Å²) < 4.78 is 6.21. The molecule has 1 fully saturated rings. The lowest BCUT2D eigenvalue weighted by molar-refractivity contribution is -0.0212. The average molecular weight is 257 g/mol. The van der Waals surface area contributed by atoms with Crippen molar-refractivity contribution < 1.29 is 20.1 Å². The topological polar surface area (TPSA) is 131 Å². The van der Waals surface area contributed by atoms with Gasteiger partial charge in [-0.25, -0.2) is 4.79 Å². The molecule has 0 saturated carbocycles. The van der Waals surface area contributed by atoms with Gasteiger partial charge in [-0.1, -0.05) is 0 Å². The van der Waals surface area contributed by atoms with Crippen molar-refractivity contribution in [3.63, 3.8) is 0 Å². The van der Waals surface area contributed by atoms with Crippen molar-refractivity contribution in [2.45, 2.75) is 24.9 Å². The second kappa shape index (κ2) is 5.02. The molecule has 0 radical (unpaired) electrons. The van der Waals surface area contributed by atoms with E-state index in [1.165, 1.54) is 6.20 Å². The van der Waals surface area contributed by atoms with Crippen LogP contribution in [0.3, 0.4) is 0 Å². The fourth-order valence-electron chi connectivity index (χ4n) is 1.85. The Kier molecular flexibility index (Phi) is 3.62. The minimum Gasteiger partial charge on any atom is -0.396 e. The Labute approximate surface area is 102 Å². The van der Waals surface area contributed by atoms with Crippen LogP contribution in [0, 0.1) is 0 Å². The molecule has 5 N–H and O–H groups in total. The van der Waals surface area contributed by atoms with Crippen molar-refractivity contribution in [2.24, 2.45) is 0 Å². The molecule has 8 heteroatoms. The van der Waals surface area contributed by atoms with Crippen LogP contribution in [0.4, 0.5) is 5.82 Å². The van der Waals surface area contributed by atoms with E-state index < -0.39 is 24.1 Å². The molecule has 8 nitrogen and oxygen atoms in total. The van der Waals surface area contributed by atoms with Crippen molar-refractivity contribution in [3.8, 4) is 0 Å². The summed E-state index contributed by atoms with van der Waals surface area (Å²) in [7, 11) is 0. The second-order valence-corrected chi connectivity index (χ2v) is 4.10. The van der Waals surface area contributed by atoms with E-state index in [2.05, 4.69) is 4.98 Å². The molecule has 0 aromatic carbocycles. The van der Waals surface area contributed by atoms with Crippen molar-refractivity contribution in [1.29, 1.82) is 0 Å². The SMILES string of the molecule is Nc1nc(=O)n(C2OC[C@@H](O)[C@H]2O)cc1CCO. The predicted molar refractivity (Wildman–Crippen MR) is 60.7 cm³/mol. The molecule has 3 atom stereocenters. The van der Waals surface area contributed by atoms with Gasteiger partial charge in [0.15, 0.2) is 6.23 Å². The Morgan fingerprint density at radius 2 is 2.28 bits per heavy atom. The summed E-state index contributed by atoms with van der Waals surface area (Å²) >= 11 is 0. The molecule has 1 saturated heterocycles. The molecule has 18 heavy (non-hydrogen) atoms. The van der Waals surface area contributed by atoms with Gasteiger partial charge in [-0.05, 0) is 0 Å². The molecule has 100 valence electrons. The number of nitrogens with two attached hydrogens (primary N) is 1. The maximum Gasteiger partial charge on any atom is 0.351 e. The Morgan fingerprint density at radius 3 is 2.83 bits per heavy atom. The van der Waals surface area contributed by atoms with Gasteiger partial charge in [0.05, 0.1) is 6.61 Å². The van der Waals surface area contributed by atoms with Crippen LogP contribution in [0.2, 0.25) is 0 Å². The lowest BCUT2D eigenvalue weighted by atomic mass is 10.2. The van der Waals surface area contributed by atoms with E-state index in [1.54, 1.807) is 0 Å². The number of nitrogens with zero attached hydrogens (tertiary/aromatic N) is 2. The standard InChI is InChI=1S/C10H15N3O5/c11-8-5(1-2-14)3-13(10(17)12-8)9-7(16)6(15)4-18-9/h3,6-7,9,14-16H,1-2,4H2,(H2,11,12,17)/t6-,7-,9?/m1/s1. The van der Waals surface area contributed by atoms with E-state index in [9.17, 15) is 15.0 Å². The van der Waals surface area contributed by atoms with Gasteiger partial charge in [0, 0.05) is 24.8 Å². The summed E-state index contributed by atoms with van der Waals surface area (Å²) in [4.78, 5) is 15.3. The van der Waals surface area contributed by atoms with E-state index in [4.69, 9.17) is 15.6 Å². The molecule has 1 aliphatic rings. The van der Waals surface area contributed by atoms with Crippen molar-refractivity contribution in [3.05, 3.63) is 22.2 Å². The van der Waals surface area contributed by atoms with Gasteiger partial charge in [0.2, 0.25) is 0 Å². The Morgan fingerprint density at radius 1 is 1.56 bits per heavy atom. The number of aromatic nitrogens is 2. The van der Waals surface area contributed by atoms with E-state index in [0.29, 0.717) is 5.56 Å². The number of hydrogen-bond acceptors (Lipinski definition) is 7. The highest BCUT2D eigenvalue weighted by atomic mass is 16.5. The molecule has 0 spiro atoms. The normalized spacial score (nSPS) is 27.6. The summed E-state index contributed by atoms with van der Waals surface area (Å²) in [5, 5.41) is 27.9. The molecule has 1 aliphatic heterocycles. The molecular weight excluding hydrogens is 242 g/mol. The van der Waals surface area contributed by atoms with Gasteiger partial charge >= 0.3 is 5.69 Å². The minimum atomic E-state index is -1.20. The van der Waals surface area contributed by atoms with Gasteiger partial charge in [-0.2, -0.15) is 4.98 Å². The van der Waals surface area contributed by atoms with Crippen LogP contribution in [0.25, 0.3) is 0 Å². The van der Waals surface area contributed by atoms with E-state index in [0.717, 1.165) is 4.57 Å². The van der Waals surface area contributed by atoms with Crippen molar-refractivity contribution in [1.82, 2.24) is 9.55 Å². The fourth-order valence-corrected chi connectivity index (χ4v) is 1.85. The van der Waals surface area contributed by atoms with Crippen LogP contribution in [0.15, 0.2) is 11.0 Å². The third kappa shape index (κ3) is 2.23. The minimum absolute atomic E-state index is 0.0401. The summed E-state index contributed by atoms with van der Waals surface area (Å²) in [6.07, 6.45) is -1.61. The first-order chi connectivity index (χ1) is 8.54. The first-order valence-electron chi connectivity index (χ1n) is 5.50. The van der Waals surface area contributed by atoms with Gasteiger partial charge in [-0.15, -0.1) is 0 Å². The monoisotopic (exact) mass is 257 g/mol. The van der Waals surface area contributed by atoms with Gasteiger partial charge in [0.25, 0.3) is 0 Å². The van der Waals surface area contributed by atoms with Gasteiger partial charge in [0.1, 0.15) is 18.0 Å². The quantitative estimate of drug-likeness (QED) is 0.475. The van der Waals surface area contributed by atoms with Crippen LogP contribution in [-0.4, -0.2) is 50.3 Å². The van der Waals surface area contributed by atoms with Crippen LogP contribution >= 0.6 is 0 Å². The van der Waals surface area contributed by atoms with Crippen LogP contribution in [-0.2, 0) is 11.2 Å². The highest BCUT2D eigenvalue weighted by Gasteiger charge is 2.36. The molecule has 1 aromatic rings. The predicted octanol–water partition coefficient (Wildman–Crippen LogP) is -2.39. The van der Waals surface area contributed by atoms with Crippen molar-refractivity contribution >= 4 is 5.82 Å². The number of nitrogen functional groups attached to an aromatic ring is 1. The Bertz CT molecular complexity index is 489. The van der Waals surface area contributed by atoms with E-state index in [1.807, 2.05) is 0 Å². The molecule has 0 aliphatic carbocycles. The van der Waals surface area contributed by atoms with Gasteiger partial charge < -0.3 is 25.8 Å². The lowest BCUT2D eigenvalue weighted by Gasteiger charge is -2.18. The lowest BCUT2D eigenvalue weighted by Crippen LogP contribution is -2.35. The van der Waals surface area contributed by atoms with E-state index in [-0.39, 0.29) is 25.5 Å².